The Morgan fingerprint density at radius 3 is 2.53 bits per heavy atom. The maximum Gasteiger partial charge on any atom is 0.322 e. The fourth-order valence-electron chi connectivity index (χ4n) is 4.42. The van der Waals surface area contributed by atoms with Crippen molar-refractivity contribution in [2.45, 2.75) is 78.9 Å². The molecule has 0 radical (unpaired) electrons. The van der Waals surface area contributed by atoms with E-state index in [1.807, 2.05) is 0 Å². The number of amides is 2. The lowest BCUT2D eigenvalue weighted by Crippen LogP contribution is -2.56. The monoisotopic (exact) mass is 475 g/mol. The summed E-state index contributed by atoms with van der Waals surface area (Å²) >= 11 is 0.779. The molecular weight excluding hydrogens is 450 g/mol. The molecule has 4 fully saturated rings. The van der Waals surface area contributed by atoms with Crippen LogP contribution in [0.1, 0.15) is 32.6 Å². The third-order valence-electron chi connectivity index (χ3n) is 6.23. The van der Waals surface area contributed by atoms with E-state index in [1.165, 1.54) is 9.80 Å². The van der Waals surface area contributed by atoms with Gasteiger partial charge in [-0.3, -0.25) is 4.90 Å². The molecule has 8 nitrogen and oxygen atoms in total. The van der Waals surface area contributed by atoms with Gasteiger partial charge in [0, 0.05) is 12.0 Å². The summed E-state index contributed by atoms with van der Waals surface area (Å²) in [5, 5.41) is -2.63. The SMILES string of the molecule is CC1(NS(=O)(=O)C2CC3C(CC2F)N(CCF)C(=O)N3C2NNC(C(F)F)S2)CC1. The van der Waals surface area contributed by atoms with Gasteiger partial charge < -0.3 is 4.90 Å². The Morgan fingerprint density at radius 1 is 1.27 bits per heavy atom. The standard InChI is InChI=1S/C16H25F4N5O3S2/c1-16(2-3-16)23-30(27,28)11-7-10-9(6-8(11)18)24(5-4-17)15(26)25(10)14-22-21-13(29-14)12(19)20/h8-14,21-23H,2-7H2,1H3. The van der Waals surface area contributed by atoms with Gasteiger partial charge in [0.2, 0.25) is 10.0 Å². The Balaban J connectivity index is 1.58. The van der Waals surface area contributed by atoms with Gasteiger partial charge in [0.25, 0.3) is 6.43 Å². The number of thioether (sulfide) groups is 1. The summed E-state index contributed by atoms with van der Waals surface area (Å²) in [5.74, 6) is 0. The zero-order valence-corrected chi connectivity index (χ0v) is 17.9. The molecule has 0 aromatic carbocycles. The number of urea groups is 1. The van der Waals surface area contributed by atoms with Gasteiger partial charge in [-0.05, 0) is 26.2 Å². The number of sulfonamides is 1. The Morgan fingerprint density at radius 2 is 1.97 bits per heavy atom. The van der Waals surface area contributed by atoms with Crippen molar-refractivity contribution in [1.29, 1.82) is 0 Å². The molecule has 14 heteroatoms. The number of nitrogens with one attached hydrogen (secondary N) is 3. The highest BCUT2D eigenvalue weighted by Crippen LogP contribution is 2.43. The summed E-state index contributed by atoms with van der Waals surface area (Å²) in [6, 6.07) is -2.08. The first-order valence-electron chi connectivity index (χ1n) is 9.83. The molecule has 2 amide bonds. The van der Waals surface area contributed by atoms with Crippen LogP contribution in [-0.2, 0) is 10.0 Å². The average molecular weight is 476 g/mol. The van der Waals surface area contributed by atoms with E-state index in [0.29, 0.717) is 12.8 Å². The second kappa shape index (κ2) is 7.94. The van der Waals surface area contributed by atoms with E-state index in [9.17, 15) is 30.8 Å². The molecule has 2 aliphatic heterocycles. The van der Waals surface area contributed by atoms with Gasteiger partial charge in [0.05, 0.1) is 18.6 Å². The minimum Gasteiger partial charge on any atom is -0.317 e. The third-order valence-corrected chi connectivity index (χ3v) is 9.51. The molecule has 2 aliphatic carbocycles. The predicted octanol–water partition coefficient (Wildman–Crippen LogP) is 1.12. The van der Waals surface area contributed by atoms with Crippen LogP contribution in [0.5, 0.6) is 0 Å². The number of nitrogens with zero attached hydrogens (tertiary/aromatic N) is 2. The number of alkyl halides is 4. The van der Waals surface area contributed by atoms with Crippen LogP contribution in [-0.4, -0.2) is 83.8 Å². The van der Waals surface area contributed by atoms with Crippen molar-refractivity contribution in [1.82, 2.24) is 25.4 Å². The summed E-state index contributed by atoms with van der Waals surface area (Å²) < 4.78 is 82.4. The maximum atomic E-state index is 15.0. The van der Waals surface area contributed by atoms with E-state index in [4.69, 9.17) is 0 Å². The van der Waals surface area contributed by atoms with Gasteiger partial charge in [-0.1, -0.05) is 11.8 Å². The fourth-order valence-corrected chi connectivity index (χ4v) is 7.46. The third kappa shape index (κ3) is 4.00. The van der Waals surface area contributed by atoms with Crippen LogP contribution in [0.4, 0.5) is 22.4 Å². The molecule has 2 heterocycles. The van der Waals surface area contributed by atoms with Gasteiger partial charge in [0.15, 0.2) is 0 Å². The molecule has 0 aromatic rings. The fraction of sp³-hybridized carbons (Fsp3) is 0.938. The van der Waals surface area contributed by atoms with Gasteiger partial charge in [0.1, 0.15) is 29.0 Å². The van der Waals surface area contributed by atoms with Crippen LogP contribution in [0.25, 0.3) is 0 Å². The minimum atomic E-state index is -4.00. The van der Waals surface area contributed by atoms with Crippen LogP contribution in [0.2, 0.25) is 0 Å². The predicted molar refractivity (Wildman–Crippen MR) is 103 cm³/mol. The summed E-state index contributed by atoms with van der Waals surface area (Å²) in [7, 11) is -4.00. The lowest BCUT2D eigenvalue weighted by atomic mass is 9.88. The number of carbonyl (C=O) groups is 1. The quantitative estimate of drug-likeness (QED) is 0.478. The van der Waals surface area contributed by atoms with E-state index in [2.05, 4.69) is 15.6 Å². The van der Waals surface area contributed by atoms with Crippen molar-refractivity contribution in [3.05, 3.63) is 0 Å². The molecule has 0 spiro atoms. The van der Waals surface area contributed by atoms with Crippen LogP contribution >= 0.6 is 11.8 Å². The van der Waals surface area contributed by atoms with Gasteiger partial charge in [-0.25, -0.2) is 46.3 Å². The highest BCUT2D eigenvalue weighted by Gasteiger charge is 2.57. The van der Waals surface area contributed by atoms with Gasteiger partial charge in [-0.15, -0.1) is 0 Å². The second-order valence-electron chi connectivity index (χ2n) is 8.47. The molecule has 4 rings (SSSR count). The van der Waals surface area contributed by atoms with E-state index < -0.39 is 69.1 Å². The van der Waals surface area contributed by atoms with Crippen LogP contribution in [0.15, 0.2) is 0 Å². The summed E-state index contributed by atoms with van der Waals surface area (Å²) in [5.41, 5.74) is 3.56. The lowest BCUT2D eigenvalue weighted by molar-refractivity contribution is 0.119. The zero-order valence-electron chi connectivity index (χ0n) is 16.2. The smallest absolute Gasteiger partial charge is 0.317 e. The Hall–Kier alpha value is -0.830. The molecule has 30 heavy (non-hydrogen) atoms. The Bertz CT molecular complexity index is 787. The molecule has 0 bridgehead atoms. The first-order chi connectivity index (χ1) is 14.1. The highest BCUT2D eigenvalue weighted by molar-refractivity contribution is 8.00. The molecule has 2 saturated carbocycles. The molecule has 6 unspecified atom stereocenters. The number of halogens is 4. The first kappa shape index (κ1) is 22.4. The van der Waals surface area contributed by atoms with Crippen LogP contribution in [0.3, 0.4) is 0 Å². The number of fused-ring (bicyclic) bond motifs is 1. The van der Waals surface area contributed by atoms with Crippen molar-refractivity contribution in [3.63, 3.8) is 0 Å². The van der Waals surface area contributed by atoms with Crippen LogP contribution < -0.4 is 15.6 Å². The van der Waals surface area contributed by atoms with Crippen molar-refractivity contribution in [3.8, 4) is 0 Å². The molecule has 6 atom stereocenters. The molecule has 172 valence electrons. The number of carbonyl (C=O) groups excluding carboxylic acids is 1. The summed E-state index contributed by atoms with van der Waals surface area (Å²) in [6.45, 7) is 0.637. The number of hydrogen-bond acceptors (Lipinski definition) is 6. The van der Waals surface area contributed by atoms with Crippen LogP contribution in [0, 0.1) is 0 Å². The van der Waals surface area contributed by atoms with E-state index in [0.717, 1.165) is 11.8 Å². The van der Waals surface area contributed by atoms with Gasteiger partial charge in [-0.2, -0.15) is 0 Å². The zero-order chi connectivity index (χ0) is 21.8. The molecule has 0 aromatic heterocycles. The largest absolute Gasteiger partial charge is 0.322 e. The number of rotatable bonds is 7. The normalized spacial score (nSPS) is 38.4. The number of hydrazine groups is 1. The van der Waals surface area contributed by atoms with Crippen molar-refractivity contribution >= 4 is 27.8 Å². The lowest BCUT2D eigenvalue weighted by Gasteiger charge is -2.39. The Kier molecular flexibility index (Phi) is 5.92. The van der Waals surface area contributed by atoms with Gasteiger partial charge >= 0.3 is 6.03 Å². The maximum absolute atomic E-state index is 15.0. The first-order valence-corrected chi connectivity index (χ1v) is 12.3. The highest BCUT2D eigenvalue weighted by atomic mass is 32.2. The summed E-state index contributed by atoms with van der Waals surface area (Å²) in [6.07, 6.45) is -3.53. The molecular formula is C16H25F4N5O3S2. The van der Waals surface area contributed by atoms with E-state index in [1.54, 1.807) is 6.92 Å². The topological polar surface area (TPSA) is 93.8 Å². The van der Waals surface area contributed by atoms with E-state index >= 15 is 0 Å². The summed E-state index contributed by atoms with van der Waals surface area (Å²) in [4.78, 5) is 15.4. The minimum absolute atomic E-state index is 0.191. The average Bonchev–Trinajstić information content (AvgIpc) is 3.08. The Labute approximate surface area is 176 Å². The molecule has 3 N–H and O–H groups in total. The van der Waals surface area contributed by atoms with Crippen molar-refractivity contribution < 1.29 is 30.8 Å². The van der Waals surface area contributed by atoms with Crippen molar-refractivity contribution in [2.75, 3.05) is 13.2 Å². The van der Waals surface area contributed by atoms with E-state index in [-0.39, 0.29) is 19.4 Å². The molecule has 4 aliphatic rings. The molecule has 2 saturated heterocycles. The van der Waals surface area contributed by atoms with Crippen molar-refractivity contribution in [2.24, 2.45) is 0 Å². The number of hydrogen-bond donors (Lipinski definition) is 3. The second-order valence-corrected chi connectivity index (χ2v) is 11.6.